The Bertz CT molecular complexity index is 3360. The number of carbonyl (C=O) groups excluding carboxylic acids is 6. The van der Waals surface area contributed by atoms with Crippen LogP contribution in [-0.4, -0.2) is 112 Å². The first-order valence-corrected chi connectivity index (χ1v) is 28.4. The van der Waals surface area contributed by atoms with Gasteiger partial charge in [0.1, 0.15) is 29.0 Å². The molecule has 79 heavy (non-hydrogen) atoms. The fraction of sp³-hybridized carbons (Fsp3) is 0.410. The number of fused-ring (bicyclic) bond motifs is 3. The number of piperidine rings is 1. The highest BCUT2D eigenvalue weighted by atomic mass is 32.1. The molecule has 1 saturated carbocycles. The minimum Gasteiger partial charge on any atom is -0.490 e. The average molecular weight is 1090 g/mol. The lowest BCUT2D eigenvalue weighted by Crippen LogP contribution is -2.54. The molecule has 0 radical (unpaired) electrons. The summed E-state index contributed by atoms with van der Waals surface area (Å²) in [5.74, 6) is -1.82. The number of thiazole rings is 1. The van der Waals surface area contributed by atoms with E-state index in [1.165, 1.54) is 17.4 Å². The van der Waals surface area contributed by atoms with E-state index in [0.717, 1.165) is 114 Å². The number of esters is 1. The summed E-state index contributed by atoms with van der Waals surface area (Å²) in [5.41, 5.74) is 5.59. The number of piperazine rings is 1. The number of aromatic nitrogens is 2. The molecule has 11 rings (SSSR count). The molecule has 6 aromatic rings. The van der Waals surface area contributed by atoms with Gasteiger partial charge in [0.2, 0.25) is 11.8 Å². The van der Waals surface area contributed by atoms with E-state index in [9.17, 15) is 28.8 Å². The number of carbonyl (C=O) groups is 6. The van der Waals surface area contributed by atoms with Gasteiger partial charge in [-0.2, -0.15) is 0 Å². The number of para-hydroxylation sites is 1. The molecule has 2 saturated heterocycles. The number of hydrogen-bond acceptors (Lipinski definition) is 14. The Labute approximate surface area is 462 Å². The Morgan fingerprint density at radius 2 is 1.54 bits per heavy atom. The third-order valence-electron chi connectivity index (χ3n) is 16.0. The molecule has 5 aliphatic rings. The average Bonchev–Trinajstić information content (AvgIpc) is 4.15. The molecular formula is C61H65FN8O8S. The van der Waals surface area contributed by atoms with Crippen LogP contribution in [-0.2, 0) is 27.3 Å². The first-order valence-electron chi connectivity index (χ1n) is 27.6. The zero-order valence-electron chi connectivity index (χ0n) is 45.1. The van der Waals surface area contributed by atoms with Gasteiger partial charge in [-0.3, -0.25) is 44.4 Å². The van der Waals surface area contributed by atoms with Crippen molar-refractivity contribution in [1.82, 2.24) is 25.1 Å². The van der Waals surface area contributed by atoms with E-state index in [2.05, 4.69) is 31.5 Å². The molecule has 4 aromatic carbocycles. The van der Waals surface area contributed by atoms with Gasteiger partial charge in [0.15, 0.2) is 10.8 Å². The summed E-state index contributed by atoms with van der Waals surface area (Å²) in [4.78, 5) is 95.6. The number of rotatable bonds is 14. The van der Waals surface area contributed by atoms with Crippen LogP contribution in [0.1, 0.15) is 137 Å². The zero-order chi connectivity index (χ0) is 55.1. The van der Waals surface area contributed by atoms with E-state index in [-0.39, 0.29) is 47.4 Å². The highest BCUT2D eigenvalue weighted by Crippen LogP contribution is 2.39. The van der Waals surface area contributed by atoms with Crippen LogP contribution in [0.15, 0.2) is 84.9 Å². The largest absolute Gasteiger partial charge is 0.490 e. The molecule has 1 atom stereocenters. The van der Waals surface area contributed by atoms with Gasteiger partial charge >= 0.3 is 5.97 Å². The highest BCUT2D eigenvalue weighted by Gasteiger charge is 2.45. The number of nitrogens with zero attached hydrogens (tertiary/aromatic N) is 6. The van der Waals surface area contributed by atoms with Crippen LogP contribution in [0.5, 0.6) is 5.75 Å². The number of anilines is 3. The van der Waals surface area contributed by atoms with Crippen molar-refractivity contribution in [2.24, 2.45) is 5.92 Å². The number of ether oxygens (including phenoxy) is 2. The lowest BCUT2D eigenvalue weighted by Gasteiger charge is -2.36. The molecule has 6 heterocycles. The second kappa shape index (κ2) is 22.3. The van der Waals surface area contributed by atoms with Crippen molar-refractivity contribution in [2.75, 3.05) is 54.4 Å². The SMILES string of the molecule is Cc1c(O[C@H]2CC[C@H](CCCCN3CCN(c4cc5c(cc4F)C(=O)N(C4CCC(=O)NC4=O)C5=O)CC3)CC2)cccc1-c1ccc(N2CCc3cccc(C(=O)Nc4nc5ccccc5s4)c3C2)nc1C(=O)OC(C)(C)C. The predicted octanol–water partition coefficient (Wildman–Crippen LogP) is 9.91. The van der Waals surface area contributed by atoms with Crippen LogP contribution >= 0.6 is 11.3 Å². The lowest BCUT2D eigenvalue weighted by atomic mass is 9.84. The minimum absolute atomic E-state index is 0.0146. The monoisotopic (exact) mass is 1090 g/mol. The van der Waals surface area contributed by atoms with Gasteiger partial charge in [-0.15, -0.1) is 0 Å². The summed E-state index contributed by atoms with van der Waals surface area (Å²) in [7, 11) is 0. The Morgan fingerprint density at radius 1 is 0.785 bits per heavy atom. The number of benzene rings is 4. The normalized spacial score (nSPS) is 19.8. The number of halogens is 1. The van der Waals surface area contributed by atoms with E-state index in [0.29, 0.717) is 60.6 Å². The van der Waals surface area contributed by atoms with Gasteiger partial charge in [-0.25, -0.2) is 19.2 Å². The topological polar surface area (TPSA) is 184 Å². The van der Waals surface area contributed by atoms with Crippen molar-refractivity contribution in [2.45, 2.75) is 116 Å². The van der Waals surface area contributed by atoms with E-state index in [1.54, 1.807) is 0 Å². The van der Waals surface area contributed by atoms with Crippen molar-refractivity contribution in [3.63, 3.8) is 0 Å². The summed E-state index contributed by atoms with van der Waals surface area (Å²) in [6.07, 6.45) is 8.20. The van der Waals surface area contributed by atoms with Gasteiger partial charge in [0.05, 0.1) is 33.1 Å². The van der Waals surface area contributed by atoms with Crippen LogP contribution in [0.4, 0.5) is 21.0 Å². The Kier molecular flexibility index (Phi) is 15.1. The second-order valence-electron chi connectivity index (χ2n) is 22.4. The van der Waals surface area contributed by atoms with Gasteiger partial charge in [0.25, 0.3) is 17.7 Å². The Morgan fingerprint density at radius 3 is 2.30 bits per heavy atom. The van der Waals surface area contributed by atoms with E-state index in [4.69, 9.17) is 14.5 Å². The Hall–Kier alpha value is -7.57. The maximum Gasteiger partial charge on any atom is 0.358 e. The number of imide groups is 2. The number of amides is 5. The summed E-state index contributed by atoms with van der Waals surface area (Å²) >= 11 is 1.44. The molecule has 0 spiro atoms. The minimum atomic E-state index is -1.10. The molecule has 2 aromatic heterocycles. The van der Waals surface area contributed by atoms with Gasteiger partial charge in [-0.05, 0) is 156 Å². The fourth-order valence-electron chi connectivity index (χ4n) is 11.9. The molecule has 18 heteroatoms. The fourth-order valence-corrected chi connectivity index (χ4v) is 12.7. The van der Waals surface area contributed by atoms with Crippen molar-refractivity contribution < 1.29 is 42.6 Å². The van der Waals surface area contributed by atoms with Crippen molar-refractivity contribution in [3.05, 3.63) is 130 Å². The van der Waals surface area contributed by atoms with Crippen molar-refractivity contribution in [3.8, 4) is 16.9 Å². The molecule has 5 amide bonds. The Balaban J connectivity index is 0.674. The van der Waals surface area contributed by atoms with Gasteiger partial charge in [0, 0.05) is 56.8 Å². The smallest absolute Gasteiger partial charge is 0.358 e. The maximum absolute atomic E-state index is 15.5. The third-order valence-corrected chi connectivity index (χ3v) is 17.0. The van der Waals surface area contributed by atoms with Gasteiger partial charge < -0.3 is 19.3 Å². The van der Waals surface area contributed by atoms with Crippen LogP contribution in [0.3, 0.4) is 0 Å². The summed E-state index contributed by atoms with van der Waals surface area (Å²) in [6, 6.07) is 24.9. The quantitative estimate of drug-likeness (QED) is 0.0598. The number of nitrogens with one attached hydrogen (secondary N) is 2. The maximum atomic E-state index is 15.5. The van der Waals surface area contributed by atoms with Crippen molar-refractivity contribution >= 4 is 73.7 Å². The van der Waals surface area contributed by atoms with Crippen LogP contribution in [0.2, 0.25) is 0 Å². The molecule has 3 fully saturated rings. The van der Waals surface area contributed by atoms with Crippen LogP contribution in [0, 0.1) is 18.7 Å². The molecule has 1 unspecified atom stereocenters. The molecule has 16 nitrogen and oxygen atoms in total. The molecule has 0 bridgehead atoms. The summed E-state index contributed by atoms with van der Waals surface area (Å²) in [5, 5.41) is 5.77. The summed E-state index contributed by atoms with van der Waals surface area (Å²) < 4.78 is 29.3. The molecule has 4 aliphatic heterocycles. The first kappa shape index (κ1) is 53.4. The molecular weight excluding hydrogens is 1020 g/mol. The van der Waals surface area contributed by atoms with Crippen LogP contribution in [0.25, 0.3) is 21.3 Å². The van der Waals surface area contributed by atoms with E-state index < -0.39 is 47.1 Å². The molecule has 2 N–H and O–H groups in total. The third kappa shape index (κ3) is 11.4. The molecule has 410 valence electrons. The first-order chi connectivity index (χ1) is 38.0. The summed E-state index contributed by atoms with van der Waals surface area (Å²) in [6.45, 7) is 12.2. The van der Waals surface area contributed by atoms with Crippen LogP contribution < -0.4 is 25.2 Å². The predicted molar refractivity (Wildman–Crippen MR) is 300 cm³/mol. The zero-order valence-corrected chi connectivity index (χ0v) is 45.9. The van der Waals surface area contributed by atoms with Gasteiger partial charge in [-0.1, -0.05) is 60.6 Å². The lowest BCUT2D eigenvalue weighted by molar-refractivity contribution is -0.136. The van der Waals surface area contributed by atoms with E-state index >= 15 is 4.39 Å². The number of unbranched alkanes of at least 4 members (excludes halogenated alkanes) is 1. The standard InChI is InChI=1S/C61H65FN8O8S/c1-36-40(41-22-24-52(64-54(41)59(76)78-61(2,3)4)69-28-26-38-12-9-14-42(45(38)35-69)55(72)66-60-63-47-15-5-6-17-51(47)79-60)13-10-16-50(36)77-39-20-18-37(19-21-39)11-7-8-27-67-29-31-68(32-30-67)49-34-44-43(33-46(49)62)57(74)70(58(44)75)48-23-25-53(71)65-56(48)73/h5-6,9-10,12-17,22,24,33-34,37,39,48H,7-8,11,18-21,23,25-32,35H2,1-4H3,(H,63,66,72)(H,65,71,73)/t37-,39-,48?. The molecule has 1 aliphatic carbocycles. The highest BCUT2D eigenvalue weighted by molar-refractivity contribution is 7.22. The van der Waals surface area contributed by atoms with E-state index in [1.807, 2.05) is 99.3 Å². The second-order valence-corrected chi connectivity index (χ2v) is 23.5. The number of hydrogen-bond donors (Lipinski definition) is 2. The van der Waals surface area contributed by atoms with Crippen molar-refractivity contribution in [1.29, 1.82) is 0 Å². The number of pyridine rings is 1.